The van der Waals surface area contributed by atoms with Gasteiger partial charge in [-0.05, 0) is 0 Å². The summed E-state index contributed by atoms with van der Waals surface area (Å²) in [4.78, 5) is 0. The zero-order valence-corrected chi connectivity index (χ0v) is 13.9. The van der Waals surface area contributed by atoms with Crippen molar-refractivity contribution < 1.29 is 35.4 Å². The van der Waals surface area contributed by atoms with Crippen molar-refractivity contribution in [2.24, 2.45) is 10.8 Å². The van der Waals surface area contributed by atoms with E-state index in [1.165, 1.54) is 0 Å². The first kappa shape index (κ1) is 21.7. The van der Waals surface area contributed by atoms with E-state index in [1.54, 1.807) is 0 Å². The van der Waals surface area contributed by atoms with E-state index in [0.29, 0.717) is 0 Å². The van der Waals surface area contributed by atoms with Crippen molar-refractivity contribution in [2.75, 3.05) is 52.9 Å². The van der Waals surface area contributed by atoms with E-state index >= 15 is 0 Å². The molecule has 0 atom stereocenters. The first-order valence-corrected chi connectivity index (χ1v) is 5.30. The Kier molecular flexibility index (Phi) is 13.3. The summed E-state index contributed by atoms with van der Waals surface area (Å²) >= 11 is 0. The topological polar surface area (TPSA) is 131 Å². The molecule has 0 aromatic carbocycles. The van der Waals surface area contributed by atoms with E-state index in [1.807, 2.05) is 0 Å². The van der Waals surface area contributed by atoms with Gasteiger partial charge in [0.1, 0.15) is 0 Å². The monoisotopic (exact) mass is 293 g/mol. The fourth-order valence-corrected chi connectivity index (χ4v) is 1.06. The smallest absolute Gasteiger partial charge is 0.0629 e. The maximum Gasteiger partial charge on any atom is 0.0629 e. The van der Waals surface area contributed by atoms with Gasteiger partial charge < -0.3 is 35.4 Å². The summed E-state index contributed by atoms with van der Waals surface area (Å²) in [6.45, 7) is -3.01. The van der Waals surface area contributed by atoms with Crippen molar-refractivity contribution in [1.82, 2.24) is 0 Å². The fraction of sp³-hybridized carbons (Fsp3) is 1.00. The second kappa shape index (κ2) is 11.1. The normalized spacial score (nSPS) is 12.3. The van der Waals surface area contributed by atoms with Crippen molar-refractivity contribution in [3.8, 4) is 0 Å². The first-order valence-electron chi connectivity index (χ1n) is 5.30. The summed E-state index contributed by atoms with van der Waals surface area (Å²) in [5.74, 6) is 0. The third kappa shape index (κ3) is 6.20. The van der Waals surface area contributed by atoms with Gasteiger partial charge >= 0.3 is 0 Å². The third-order valence-corrected chi connectivity index (χ3v) is 2.83. The van der Waals surface area contributed by atoms with E-state index in [9.17, 15) is 0 Å². The molecule has 1 radical (unpaired) electrons. The standard InChI is InChI=1S/C10H22O7.K/c11-1-9(2-12,3-13)7-17-8-10(4-14,5-15)6-16;/h11-16H,1-8H2;. The Balaban J connectivity index is 0. The summed E-state index contributed by atoms with van der Waals surface area (Å²) in [6.07, 6.45) is 0. The molecule has 0 heterocycles. The van der Waals surface area contributed by atoms with Gasteiger partial charge in [0.2, 0.25) is 0 Å². The van der Waals surface area contributed by atoms with Crippen LogP contribution in [0.25, 0.3) is 0 Å². The van der Waals surface area contributed by atoms with Crippen molar-refractivity contribution in [3.63, 3.8) is 0 Å². The van der Waals surface area contributed by atoms with Gasteiger partial charge in [-0.2, -0.15) is 0 Å². The number of hydrogen-bond donors (Lipinski definition) is 6. The van der Waals surface area contributed by atoms with E-state index in [2.05, 4.69) is 0 Å². The molecule has 105 valence electrons. The van der Waals surface area contributed by atoms with Gasteiger partial charge in [-0.25, -0.2) is 0 Å². The van der Waals surface area contributed by atoms with Gasteiger partial charge in [0.25, 0.3) is 0 Å². The minimum atomic E-state index is -1.16. The quantitative estimate of drug-likeness (QED) is 0.231. The summed E-state index contributed by atoms with van der Waals surface area (Å²) < 4.78 is 5.15. The SMILES string of the molecule is OCC(CO)(CO)COCC(CO)(CO)CO.[K]. The van der Waals surface area contributed by atoms with Gasteiger partial charge in [-0.1, -0.05) is 0 Å². The average molecular weight is 293 g/mol. The van der Waals surface area contributed by atoms with Crippen molar-refractivity contribution >= 4 is 51.4 Å². The van der Waals surface area contributed by atoms with Crippen LogP contribution in [0.2, 0.25) is 0 Å². The van der Waals surface area contributed by atoms with Gasteiger partial charge in [0.15, 0.2) is 0 Å². The molecular weight excluding hydrogens is 271 g/mol. The van der Waals surface area contributed by atoms with Gasteiger partial charge in [0.05, 0.1) is 63.7 Å². The molecule has 0 fully saturated rings. The van der Waals surface area contributed by atoms with Crippen LogP contribution in [0.1, 0.15) is 0 Å². The van der Waals surface area contributed by atoms with Gasteiger partial charge in [-0.3, -0.25) is 0 Å². The molecule has 0 rings (SSSR count). The van der Waals surface area contributed by atoms with Gasteiger partial charge in [-0.15, -0.1) is 0 Å². The zero-order chi connectivity index (χ0) is 13.4. The van der Waals surface area contributed by atoms with Crippen LogP contribution in [0.15, 0.2) is 0 Å². The van der Waals surface area contributed by atoms with Crippen LogP contribution in [0.4, 0.5) is 0 Å². The molecule has 0 bridgehead atoms. The maximum absolute atomic E-state index is 9.03. The number of aliphatic hydroxyl groups is 6. The molecule has 0 unspecified atom stereocenters. The average Bonchev–Trinajstić information content (AvgIpc) is 2.41. The van der Waals surface area contributed by atoms with Crippen LogP contribution in [0.3, 0.4) is 0 Å². The molecule has 0 saturated heterocycles. The van der Waals surface area contributed by atoms with Gasteiger partial charge in [0, 0.05) is 51.4 Å². The molecule has 0 amide bonds. The second-order valence-electron chi connectivity index (χ2n) is 4.44. The fourth-order valence-electron chi connectivity index (χ4n) is 1.06. The molecular formula is C10H22KO7. The molecule has 8 heteroatoms. The van der Waals surface area contributed by atoms with Crippen molar-refractivity contribution in [1.29, 1.82) is 0 Å². The van der Waals surface area contributed by atoms with E-state index in [4.69, 9.17) is 35.4 Å². The Bertz CT molecular complexity index is 158. The Morgan fingerprint density at radius 3 is 0.944 bits per heavy atom. The number of aliphatic hydroxyl groups excluding tert-OH is 6. The number of hydrogen-bond acceptors (Lipinski definition) is 7. The predicted molar refractivity (Wildman–Crippen MR) is 64.0 cm³/mol. The Morgan fingerprint density at radius 1 is 0.556 bits per heavy atom. The number of rotatable bonds is 10. The van der Waals surface area contributed by atoms with Crippen molar-refractivity contribution in [2.45, 2.75) is 0 Å². The second-order valence-corrected chi connectivity index (χ2v) is 4.44. The van der Waals surface area contributed by atoms with Crippen LogP contribution in [-0.4, -0.2) is 135 Å². The van der Waals surface area contributed by atoms with E-state index in [-0.39, 0.29) is 64.6 Å². The molecule has 7 nitrogen and oxygen atoms in total. The summed E-state index contributed by atoms with van der Waals surface area (Å²) in [7, 11) is 0. The molecule has 0 aromatic heterocycles. The summed E-state index contributed by atoms with van der Waals surface area (Å²) in [5, 5.41) is 54.2. The van der Waals surface area contributed by atoms with E-state index < -0.39 is 50.5 Å². The third-order valence-electron chi connectivity index (χ3n) is 2.83. The predicted octanol–water partition coefficient (Wildman–Crippen LogP) is -3.45. The van der Waals surface area contributed by atoms with Crippen LogP contribution >= 0.6 is 0 Å². The van der Waals surface area contributed by atoms with Crippen LogP contribution in [-0.2, 0) is 4.74 Å². The van der Waals surface area contributed by atoms with Crippen LogP contribution in [0.5, 0.6) is 0 Å². The minimum Gasteiger partial charge on any atom is -0.396 e. The summed E-state index contributed by atoms with van der Waals surface area (Å²) in [5.41, 5.74) is -2.32. The number of ether oxygens (including phenoxy) is 1. The maximum atomic E-state index is 9.03. The zero-order valence-electron chi connectivity index (χ0n) is 10.7. The molecule has 0 saturated carbocycles. The first-order chi connectivity index (χ1) is 8.07. The molecule has 6 N–H and O–H groups in total. The largest absolute Gasteiger partial charge is 0.396 e. The Hall–Kier alpha value is 1.36. The molecule has 0 spiro atoms. The Morgan fingerprint density at radius 2 is 0.778 bits per heavy atom. The van der Waals surface area contributed by atoms with E-state index in [0.717, 1.165) is 0 Å². The summed E-state index contributed by atoms with van der Waals surface area (Å²) in [6, 6.07) is 0. The minimum absolute atomic E-state index is 0. The molecule has 0 aliphatic carbocycles. The van der Waals surface area contributed by atoms with Crippen LogP contribution < -0.4 is 0 Å². The van der Waals surface area contributed by atoms with Crippen molar-refractivity contribution in [3.05, 3.63) is 0 Å². The molecule has 18 heavy (non-hydrogen) atoms. The molecule has 0 aliphatic rings. The Labute approximate surface area is 149 Å². The molecule has 0 aliphatic heterocycles. The molecule has 0 aromatic rings. The van der Waals surface area contributed by atoms with Crippen LogP contribution in [0, 0.1) is 10.8 Å².